The Morgan fingerprint density at radius 2 is 2.19 bits per heavy atom. The molecule has 1 aromatic rings. The van der Waals surface area contributed by atoms with Crippen LogP contribution >= 0.6 is 0 Å². The van der Waals surface area contributed by atoms with Crippen molar-refractivity contribution < 1.29 is 9.84 Å². The van der Waals surface area contributed by atoms with E-state index in [1.165, 1.54) is 12.4 Å². The maximum atomic E-state index is 8.95. The van der Waals surface area contributed by atoms with Crippen molar-refractivity contribution >= 4 is 5.82 Å². The van der Waals surface area contributed by atoms with Gasteiger partial charge in [0.15, 0.2) is 11.5 Å². The van der Waals surface area contributed by atoms with Crippen molar-refractivity contribution in [1.29, 1.82) is 5.26 Å². The monoisotopic (exact) mass is 222 g/mol. The van der Waals surface area contributed by atoms with Crippen LogP contribution in [0.3, 0.4) is 0 Å². The van der Waals surface area contributed by atoms with E-state index < -0.39 is 0 Å². The number of hydrogen-bond acceptors (Lipinski definition) is 6. The van der Waals surface area contributed by atoms with Crippen molar-refractivity contribution in [2.24, 2.45) is 0 Å². The lowest BCUT2D eigenvalue weighted by atomic mass is 10.3. The molecule has 0 saturated carbocycles. The number of nitriles is 1. The van der Waals surface area contributed by atoms with Gasteiger partial charge in [0.2, 0.25) is 0 Å². The molecule has 0 unspecified atom stereocenters. The van der Waals surface area contributed by atoms with Crippen molar-refractivity contribution in [2.45, 2.75) is 0 Å². The molecule has 1 N–H and O–H groups in total. The summed E-state index contributed by atoms with van der Waals surface area (Å²) in [6.45, 7) is 1.45. The van der Waals surface area contributed by atoms with Crippen LogP contribution in [0, 0.1) is 11.3 Å². The largest absolute Gasteiger partial charge is 0.395 e. The molecule has 16 heavy (non-hydrogen) atoms. The molecule has 0 bridgehead atoms. The van der Waals surface area contributed by atoms with Gasteiger partial charge < -0.3 is 14.7 Å². The van der Waals surface area contributed by atoms with E-state index in [0.717, 1.165) is 0 Å². The lowest BCUT2D eigenvalue weighted by molar-refractivity contribution is 0.202. The van der Waals surface area contributed by atoms with E-state index in [9.17, 15) is 0 Å². The Hall–Kier alpha value is -1.71. The highest BCUT2D eigenvalue weighted by molar-refractivity contribution is 5.49. The molecule has 0 aromatic carbocycles. The normalized spacial score (nSPS) is 9.81. The van der Waals surface area contributed by atoms with Crippen LogP contribution in [0.25, 0.3) is 0 Å². The fourth-order valence-corrected chi connectivity index (χ4v) is 1.29. The van der Waals surface area contributed by atoms with Gasteiger partial charge in [-0.25, -0.2) is 9.97 Å². The summed E-state index contributed by atoms with van der Waals surface area (Å²) >= 11 is 0. The lowest BCUT2D eigenvalue weighted by Crippen LogP contribution is -2.31. The third-order valence-corrected chi connectivity index (χ3v) is 2.02. The Labute approximate surface area is 94.1 Å². The SMILES string of the molecule is COCCN(CCO)c1nccnc1C#N. The summed E-state index contributed by atoms with van der Waals surface area (Å²) in [7, 11) is 1.60. The second kappa shape index (κ2) is 6.71. The zero-order valence-corrected chi connectivity index (χ0v) is 9.13. The minimum atomic E-state index is -0.00877. The van der Waals surface area contributed by atoms with E-state index in [1.54, 1.807) is 12.0 Å². The van der Waals surface area contributed by atoms with Crippen LogP contribution in [0.1, 0.15) is 5.69 Å². The summed E-state index contributed by atoms with van der Waals surface area (Å²) < 4.78 is 4.96. The van der Waals surface area contributed by atoms with Gasteiger partial charge in [-0.1, -0.05) is 0 Å². The van der Waals surface area contributed by atoms with Crippen LogP contribution in [0.4, 0.5) is 5.82 Å². The minimum absolute atomic E-state index is 0.00877. The molecular weight excluding hydrogens is 208 g/mol. The summed E-state index contributed by atoms with van der Waals surface area (Å²) in [4.78, 5) is 9.79. The van der Waals surface area contributed by atoms with Gasteiger partial charge >= 0.3 is 0 Å². The highest BCUT2D eigenvalue weighted by Gasteiger charge is 2.12. The summed E-state index contributed by atoms with van der Waals surface area (Å²) in [6, 6.07) is 1.97. The third kappa shape index (κ3) is 3.15. The van der Waals surface area contributed by atoms with Gasteiger partial charge in [-0.2, -0.15) is 5.26 Å². The number of nitrogens with zero attached hydrogens (tertiary/aromatic N) is 4. The number of ether oxygens (including phenoxy) is 1. The average molecular weight is 222 g/mol. The van der Waals surface area contributed by atoms with Gasteiger partial charge in [0.05, 0.1) is 13.2 Å². The van der Waals surface area contributed by atoms with Crippen molar-refractivity contribution in [3.05, 3.63) is 18.1 Å². The van der Waals surface area contributed by atoms with Crippen LogP contribution in [0.2, 0.25) is 0 Å². The highest BCUT2D eigenvalue weighted by Crippen LogP contribution is 2.12. The summed E-state index contributed by atoms with van der Waals surface area (Å²) in [5, 5.41) is 17.8. The maximum absolute atomic E-state index is 8.95. The molecule has 0 aliphatic carbocycles. The molecule has 0 aliphatic heterocycles. The number of aromatic nitrogens is 2. The predicted octanol–water partition coefficient (Wildman–Crippen LogP) is -0.207. The Morgan fingerprint density at radius 3 is 2.81 bits per heavy atom. The highest BCUT2D eigenvalue weighted by atomic mass is 16.5. The van der Waals surface area contributed by atoms with Gasteiger partial charge in [-0.3, -0.25) is 0 Å². The Kier molecular flexibility index (Phi) is 5.19. The summed E-state index contributed by atoms with van der Waals surface area (Å²) in [5.41, 5.74) is 0.257. The topological polar surface area (TPSA) is 82.3 Å². The molecule has 0 radical (unpaired) electrons. The quantitative estimate of drug-likeness (QED) is 0.717. The first-order valence-electron chi connectivity index (χ1n) is 4.89. The molecule has 0 saturated heterocycles. The summed E-state index contributed by atoms with van der Waals surface area (Å²) in [6.07, 6.45) is 2.99. The number of aliphatic hydroxyl groups excluding tert-OH is 1. The number of anilines is 1. The van der Waals surface area contributed by atoms with Crippen molar-refractivity contribution in [3.8, 4) is 6.07 Å². The number of rotatable bonds is 6. The van der Waals surface area contributed by atoms with Crippen LogP contribution < -0.4 is 4.90 Å². The molecular formula is C10H14N4O2. The zero-order valence-electron chi connectivity index (χ0n) is 9.13. The van der Waals surface area contributed by atoms with Gasteiger partial charge in [0, 0.05) is 32.6 Å². The molecule has 86 valence electrons. The second-order valence-electron chi connectivity index (χ2n) is 3.04. The van der Waals surface area contributed by atoms with Gasteiger partial charge in [0.25, 0.3) is 0 Å². The number of aliphatic hydroxyl groups is 1. The van der Waals surface area contributed by atoms with Crippen LogP contribution in [-0.4, -0.2) is 48.5 Å². The van der Waals surface area contributed by atoms with Crippen molar-refractivity contribution in [3.63, 3.8) is 0 Å². The lowest BCUT2D eigenvalue weighted by Gasteiger charge is -2.22. The smallest absolute Gasteiger partial charge is 0.183 e. The molecule has 6 heteroatoms. The molecule has 0 fully saturated rings. The summed E-state index contributed by atoms with van der Waals surface area (Å²) in [5.74, 6) is 0.483. The molecule has 0 amide bonds. The fourth-order valence-electron chi connectivity index (χ4n) is 1.29. The molecule has 1 heterocycles. The fraction of sp³-hybridized carbons (Fsp3) is 0.500. The maximum Gasteiger partial charge on any atom is 0.183 e. The van der Waals surface area contributed by atoms with Gasteiger partial charge in [-0.15, -0.1) is 0 Å². The average Bonchev–Trinajstić information content (AvgIpc) is 2.34. The minimum Gasteiger partial charge on any atom is -0.395 e. The molecule has 6 nitrogen and oxygen atoms in total. The molecule has 1 rings (SSSR count). The van der Waals surface area contributed by atoms with Crippen LogP contribution in [-0.2, 0) is 4.74 Å². The molecule has 0 aliphatic rings. The molecule has 0 spiro atoms. The number of hydrogen-bond donors (Lipinski definition) is 1. The van der Waals surface area contributed by atoms with Gasteiger partial charge in [0.1, 0.15) is 6.07 Å². The Morgan fingerprint density at radius 1 is 1.44 bits per heavy atom. The second-order valence-corrected chi connectivity index (χ2v) is 3.04. The van der Waals surface area contributed by atoms with Crippen LogP contribution in [0.5, 0.6) is 0 Å². The van der Waals surface area contributed by atoms with E-state index in [-0.39, 0.29) is 12.3 Å². The first-order valence-corrected chi connectivity index (χ1v) is 4.89. The van der Waals surface area contributed by atoms with E-state index in [2.05, 4.69) is 9.97 Å². The van der Waals surface area contributed by atoms with E-state index in [4.69, 9.17) is 15.1 Å². The molecule has 0 atom stereocenters. The van der Waals surface area contributed by atoms with Crippen LogP contribution in [0.15, 0.2) is 12.4 Å². The molecule has 1 aromatic heterocycles. The number of methoxy groups -OCH3 is 1. The van der Waals surface area contributed by atoms with Crippen molar-refractivity contribution in [1.82, 2.24) is 9.97 Å². The zero-order chi connectivity index (χ0) is 11.8. The van der Waals surface area contributed by atoms with Gasteiger partial charge in [-0.05, 0) is 0 Å². The predicted molar refractivity (Wildman–Crippen MR) is 57.9 cm³/mol. The third-order valence-electron chi connectivity index (χ3n) is 2.02. The van der Waals surface area contributed by atoms with E-state index in [1.807, 2.05) is 6.07 Å². The first kappa shape index (κ1) is 12.4. The van der Waals surface area contributed by atoms with E-state index >= 15 is 0 Å². The standard InChI is InChI=1S/C10H14N4O2/c1-16-7-5-14(4-6-15)10-9(8-11)12-2-3-13-10/h2-3,15H,4-7H2,1H3. The van der Waals surface area contributed by atoms with E-state index in [0.29, 0.717) is 25.5 Å². The Balaban J connectivity index is 2.87. The van der Waals surface area contributed by atoms with Crippen molar-refractivity contribution in [2.75, 3.05) is 38.3 Å². The first-order chi connectivity index (χ1) is 7.83. The Bertz CT molecular complexity index is 364.